The average molecular weight is 442 g/mol. The van der Waals surface area contributed by atoms with E-state index in [0.29, 0.717) is 22.1 Å². The van der Waals surface area contributed by atoms with Crippen molar-refractivity contribution in [2.75, 3.05) is 40.3 Å². The van der Waals surface area contributed by atoms with Crippen LogP contribution in [0.3, 0.4) is 0 Å². The summed E-state index contributed by atoms with van der Waals surface area (Å²) >= 11 is 0. The van der Waals surface area contributed by atoms with Crippen LogP contribution in [0.4, 0.5) is 0 Å². The third-order valence-electron chi connectivity index (χ3n) is 6.15. The first-order valence-electron chi connectivity index (χ1n) is 10.7. The van der Waals surface area contributed by atoms with Crippen LogP contribution >= 0.6 is 0 Å². The van der Waals surface area contributed by atoms with Gasteiger partial charge in [0.2, 0.25) is 0 Å². The van der Waals surface area contributed by atoms with E-state index >= 15 is 0 Å². The van der Waals surface area contributed by atoms with Crippen LogP contribution in [-0.2, 0) is 16.6 Å². The van der Waals surface area contributed by atoms with Gasteiger partial charge in [-0.3, -0.25) is 4.90 Å². The van der Waals surface area contributed by atoms with Gasteiger partial charge in [0.05, 0.1) is 17.5 Å². The minimum atomic E-state index is -3.73. The van der Waals surface area contributed by atoms with Crippen molar-refractivity contribution >= 4 is 20.9 Å². The van der Waals surface area contributed by atoms with Gasteiger partial charge >= 0.3 is 0 Å². The van der Waals surface area contributed by atoms with E-state index in [9.17, 15) is 8.42 Å². The van der Waals surface area contributed by atoms with Gasteiger partial charge in [-0.2, -0.15) is 0 Å². The summed E-state index contributed by atoms with van der Waals surface area (Å²) < 4.78 is 34.0. The minimum Gasteiger partial charge on any atom is -0.497 e. The van der Waals surface area contributed by atoms with Crippen LogP contribution in [0, 0.1) is 0 Å². The van der Waals surface area contributed by atoms with Crippen molar-refractivity contribution in [1.29, 1.82) is 0 Å². The molecule has 2 aromatic carbocycles. The summed E-state index contributed by atoms with van der Waals surface area (Å²) in [6.45, 7) is 8.91. The number of benzene rings is 2. The smallest absolute Gasteiger partial charge is 0.268 e. The van der Waals surface area contributed by atoms with Crippen molar-refractivity contribution in [1.82, 2.24) is 13.8 Å². The number of likely N-dealkylation sites (N-methyl/N-ethyl adjacent to an activating group) is 1. The van der Waals surface area contributed by atoms with Gasteiger partial charge < -0.3 is 9.64 Å². The molecule has 1 fully saturated rings. The maximum absolute atomic E-state index is 13.6. The molecular formula is C24H31N3O3S. The Kier molecular flexibility index (Phi) is 6.10. The molecule has 0 atom stereocenters. The fourth-order valence-corrected chi connectivity index (χ4v) is 5.47. The number of hydrogen-bond donors (Lipinski definition) is 0. The molecule has 1 aliphatic heterocycles. The molecule has 6 nitrogen and oxygen atoms in total. The highest BCUT2D eigenvalue weighted by molar-refractivity contribution is 7.90. The number of ether oxygens (including phenoxy) is 1. The van der Waals surface area contributed by atoms with Crippen molar-refractivity contribution in [3.8, 4) is 5.75 Å². The number of aromatic nitrogens is 1. The monoisotopic (exact) mass is 441 g/mol. The van der Waals surface area contributed by atoms with E-state index in [1.165, 1.54) is 3.97 Å². The van der Waals surface area contributed by atoms with Gasteiger partial charge in [0.1, 0.15) is 5.75 Å². The van der Waals surface area contributed by atoms with Gasteiger partial charge in [-0.25, -0.2) is 12.4 Å². The molecule has 0 unspecified atom stereocenters. The quantitative estimate of drug-likeness (QED) is 0.583. The molecular weight excluding hydrogens is 410 g/mol. The lowest BCUT2D eigenvalue weighted by Gasteiger charge is -2.32. The SMILES string of the molecule is COc1ccc2c(CN3CCN(C)CC3)cn(S(=O)(=O)c3ccc(C(C)C)cc3)c2c1. The van der Waals surface area contributed by atoms with Gasteiger partial charge in [-0.15, -0.1) is 0 Å². The molecule has 3 aromatic rings. The predicted molar refractivity (Wildman–Crippen MR) is 124 cm³/mol. The van der Waals surface area contributed by atoms with E-state index in [1.54, 1.807) is 25.4 Å². The molecule has 0 aliphatic carbocycles. The Bertz CT molecular complexity index is 1160. The molecule has 0 spiro atoms. The predicted octanol–water partition coefficient (Wildman–Crippen LogP) is 3.76. The topological polar surface area (TPSA) is 54.8 Å². The van der Waals surface area contributed by atoms with E-state index in [1.807, 2.05) is 30.3 Å². The molecule has 4 rings (SSSR count). The highest BCUT2D eigenvalue weighted by Gasteiger charge is 2.23. The first-order valence-corrected chi connectivity index (χ1v) is 12.2. The summed E-state index contributed by atoms with van der Waals surface area (Å²) in [6, 6.07) is 12.9. The Labute approximate surface area is 185 Å². The van der Waals surface area contributed by atoms with E-state index < -0.39 is 10.0 Å². The van der Waals surface area contributed by atoms with E-state index in [0.717, 1.165) is 49.2 Å². The summed E-state index contributed by atoms with van der Waals surface area (Å²) in [6.07, 6.45) is 1.79. The second-order valence-corrected chi connectivity index (χ2v) is 10.5. The Morgan fingerprint density at radius 3 is 2.29 bits per heavy atom. The van der Waals surface area contributed by atoms with Crippen molar-refractivity contribution in [3.63, 3.8) is 0 Å². The van der Waals surface area contributed by atoms with Crippen LogP contribution in [0.5, 0.6) is 5.75 Å². The summed E-state index contributed by atoms with van der Waals surface area (Å²) in [5.74, 6) is 0.993. The Morgan fingerprint density at radius 1 is 1.00 bits per heavy atom. The van der Waals surface area contributed by atoms with Crippen LogP contribution in [0.2, 0.25) is 0 Å². The highest BCUT2D eigenvalue weighted by Crippen LogP contribution is 2.30. The van der Waals surface area contributed by atoms with E-state index in [-0.39, 0.29) is 0 Å². The maximum atomic E-state index is 13.6. The highest BCUT2D eigenvalue weighted by atomic mass is 32.2. The lowest BCUT2D eigenvalue weighted by atomic mass is 10.0. The Balaban J connectivity index is 1.77. The first-order chi connectivity index (χ1) is 14.8. The minimum absolute atomic E-state index is 0.294. The number of hydrogen-bond acceptors (Lipinski definition) is 5. The summed E-state index contributed by atoms with van der Waals surface area (Å²) in [5.41, 5.74) is 2.79. The summed E-state index contributed by atoms with van der Waals surface area (Å²) in [5, 5.41) is 0.946. The summed E-state index contributed by atoms with van der Waals surface area (Å²) in [7, 11) is 0.000122. The van der Waals surface area contributed by atoms with Crippen LogP contribution < -0.4 is 4.74 Å². The number of methoxy groups -OCH3 is 1. The molecule has 166 valence electrons. The molecule has 7 heteroatoms. The maximum Gasteiger partial charge on any atom is 0.268 e. The lowest BCUT2D eigenvalue weighted by molar-refractivity contribution is 0.148. The average Bonchev–Trinajstić information content (AvgIpc) is 3.13. The molecule has 0 radical (unpaired) electrons. The fraction of sp³-hybridized carbons (Fsp3) is 0.417. The van der Waals surface area contributed by atoms with Crippen LogP contribution in [0.1, 0.15) is 30.9 Å². The number of fused-ring (bicyclic) bond motifs is 1. The molecule has 0 saturated carbocycles. The second kappa shape index (κ2) is 8.65. The van der Waals surface area contributed by atoms with Crippen molar-refractivity contribution < 1.29 is 13.2 Å². The van der Waals surface area contributed by atoms with Gasteiger partial charge in [0.15, 0.2) is 0 Å². The van der Waals surface area contributed by atoms with Crippen LogP contribution in [0.25, 0.3) is 10.9 Å². The fourth-order valence-electron chi connectivity index (χ4n) is 4.08. The zero-order chi connectivity index (χ0) is 22.2. The zero-order valence-corrected chi connectivity index (χ0v) is 19.5. The number of rotatable bonds is 6. The molecule has 1 aliphatic rings. The largest absolute Gasteiger partial charge is 0.497 e. The second-order valence-electron chi connectivity index (χ2n) is 8.64. The lowest BCUT2D eigenvalue weighted by Crippen LogP contribution is -2.43. The van der Waals surface area contributed by atoms with Gasteiger partial charge in [0, 0.05) is 50.4 Å². The van der Waals surface area contributed by atoms with Gasteiger partial charge in [-0.05, 0) is 48.4 Å². The number of piperazine rings is 1. The molecule has 31 heavy (non-hydrogen) atoms. The number of nitrogens with zero attached hydrogens (tertiary/aromatic N) is 3. The molecule has 1 saturated heterocycles. The van der Waals surface area contributed by atoms with Gasteiger partial charge in [-0.1, -0.05) is 26.0 Å². The third-order valence-corrected chi connectivity index (χ3v) is 7.84. The summed E-state index contributed by atoms with van der Waals surface area (Å²) in [4.78, 5) is 4.99. The standard InChI is InChI=1S/C24H31N3O3S/c1-18(2)19-5-8-22(9-6-19)31(28,29)27-17-20(16-26-13-11-25(3)12-14-26)23-10-7-21(30-4)15-24(23)27/h5-10,15,17-18H,11-14,16H2,1-4H3. The first kappa shape index (κ1) is 21.9. The molecule has 0 N–H and O–H groups in total. The van der Waals surface area contributed by atoms with Crippen molar-refractivity contribution in [2.45, 2.75) is 31.2 Å². The molecule has 0 amide bonds. The Morgan fingerprint density at radius 2 is 1.68 bits per heavy atom. The Hall–Kier alpha value is -2.35. The van der Waals surface area contributed by atoms with Crippen molar-refractivity contribution in [3.05, 3.63) is 59.8 Å². The normalized spacial score (nSPS) is 16.3. The molecule has 1 aromatic heterocycles. The van der Waals surface area contributed by atoms with E-state index in [2.05, 4.69) is 30.7 Å². The van der Waals surface area contributed by atoms with Crippen LogP contribution in [-0.4, -0.2) is 62.5 Å². The third kappa shape index (κ3) is 4.35. The molecule has 0 bridgehead atoms. The van der Waals surface area contributed by atoms with E-state index in [4.69, 9.17) is 4.74 Å². The van der Waals surface area contributed by atoms with Crippen LogP contribution in [0.15, 0.2) is 53.6 Å². The van der Waals surface area contributed by atoms with Gasteiger partial charge in [0.25, 0.3) is 10.0 Å². The zero-order valence-electron chi connectivity index (χ0n) is 18.7. The van der Waals surface area contributed by atoms with Crippen molar-refractivity contribution in [2.24, 2.45) is 0 Å². The molecule has 2 heterocycles.